The van der Waals surface area contributed by atoms with Crippen molar-refractivity contribution in [1.29, 1.82) is 0 Å². The van der Waals surface area contributed by atoms with Crippen LogP contribution in [0.15, 0.2) is 24.3 Å². The first-order chi connectivity index (χ1) is 8.45. The highest BCUT2D eigenvalue weighted by Gasteiger charge is 2.32. The lowest BCUT2D eigenvalue weighted by Crippen LogP contribution is -2.12. The molecule has 0 spiro atoms. The summed E-state index contributed by atoms with van der Waals surface area (Å²) in [6.45, 7) is 0.280. The van der Waals surface area contributed by atoms with Crippen molar-refractivity contribution < 1.29 is 22.7 Å². The minimum atomic E-state index is -4.38. The standard InChI is InChI=1S/C12H14F3NO2/c1-18-11(17)7-4-8-16-10-6-3-2-5-9(10)12(13,14)15/h2-3,5-6,16H,4,7-8H2,1H3. The number of rotatable bonds is 5. The fourth-order valence-corrected chi connectivity index (χ4v) is 1.44. The fraction of sp³-hybridized carbons (Fsp3) is 0.417. The number of ether oxygens (including phenoxy) is 1. The second-order valence-corrected chi connectivity index (χ2v) is 3.65. The van der Waals surface area contributed by atoms with Gasteiger partial charge in [0.05, 0.1) is 12.7 Å². The largest absolute Gasteiger partial charge is 0.469 e. The van der Waals surface area contributed by atoms with Crippen molar-refractivity contribution in [3.05, 3.63) is 29.8 Å². The van der Waals surface area contributed by atoms with Gasteiger partial charge in [0.1, 0.15) is 0 Å². The molecule has 3 nitrogen and oxygen atoms in total. The van der Waals surface area contributed by atoms with E-state index in [0.29, 0.717) is 6.42 Å². The third-order valence-corrected chi connectivity index (χ3v) is 2.33. The van der Waals surface area contributed by atoms with Crippen LogP contribution in [0.3, 0.4) is 0 Å². The summed E-state index contributed by atoms with van der Waals surface area (Å²) in [6, 6.07) is 5.24. The molecule has 0 amide bonds. The number of carbonyl (C=O) groups is 1. The van der Waals surface area contributed by atoms with Crippen LogP contribution in [-0.4, -0.2) is 19.6 Å². The quantitative estimate of drug-likeness (QED) is 0.654. The van der Waals surface area contributed by atoms with Crippen molar-refractivity contribution in [2.75, 3.05) is 19.0 Å². The van der Waals surface area contributed by atoms with Gasteiger partial charge in [-0.2, -0.15) is 13.2 Å². The molecule has 6 heteroatoms. The zero-order chi connectivity index (χ0) is 13.6. The summed E-state index contributed by atoms with van der Waals surface area (Å²) in [5.41, 5.74) is -0.682. The second kappa shape index (κ2) is 6.28. The van der Waals surface area contributed by atoms with Crippen LogP contribution in [0.5, 0.6) is 0 Å². The number of carbonyl (C=O) groups excluding carboxylic acids is 1. The van der Waals surface area contributed by atoms with Gasteiger partial charge < -0.3 is 10.1 Å². The molecule has 0 aliphatic carbocycles. The number of para-hydroxylation sites is 1. The van der Waals surface area contributed by atoms with Gasteiger partial charge in [-0.05, 0) is 18.6 Å². The summed E-state index contributed by atoms with van der Waals surface area (Å²) in [4.78, 5) is 10.8. The molecule has 0 fully saturated rings. The van der Waals surface area contributed by atoms with Crippen LogP contribution in [0.25, 0.3) is 0 Å². The van der Waals surface area contributed by atoms with Gasteiger partial charge in [-0.25, -0.2) is 0 Å². The molecule has 100 valence electrons. The molecule has 0 bridgehead atoms. The van der Waals surface area contributed by atoms with Crippen molar-refractivity contribution in [3.63, 3.8) is 0 Å². The lowest BCUT2D eigenvalue weighted by Gasteiger charge is -2.13. The molecule has 1 N–H and O–H groups in total. The number of methoxy groups -OCH3 is 1. The second-order valence-electron chi connectivity index (χ2n) is 3.65. The van der Waals surface area contributed by atoms with Crippen molar-refractivity contribution in [1.82, 2.24) is 0 Å². The number of hydrogen-bond acceptors (Lipinski definition) is 3. The van der Waals surface area contributed by atoms with Crippen LogP contribution in [0, 0.1) is 0 Å². The van der Waals surface area contributed by atoms with Crippen LogP contribution >= 0.6 is 0 Å². The van der Waals surface area contributed by atoms with Crippen molar-refractivity contribution in [3.8, 4) is 0 Å². The number of esters is 1. The lowest BCUT2D eigenvalue weighted by atomic mass is 10.1. The molecule has 0 aliphatic heterocycles. The summed E-state index contributed by atoms with van der Waals surface area (Å²) in [6.07, 6.45) is -3.79. The third kappa shape index (κ3) is 4.27. The molecule has 0 aliphatic rings. The molecule has 1 aromatic carbocycles. The van der Waals surface area contributed by atoms with Crippen molar-refractivity contribution in [2.24, 2.45) is 0 Å². The van der Waals surface area contributed by atoms with Gasteiger partial charge in [-0.3, -0.25) is 4.79 Å². The monoisotopic (exact) mass is 261 g/mol. The fourth-order valence-electron chi connectivity index (χ4n) is 1.44. The minimum Gasteiger partial charge on any atom is -0.469 e. The Labute approximate surface area is 103 Å². The van der Waals surface area contributed by atoms with Crippen molar-refractivity contribution >= 4 is 11.7 Å². The SMILES string of the molecule is COC(=O)CCCNc1ccccc1C(F)(F)F. The van der Waals surface area contributed by atoms with E-state index in [1.165, 1.54) is 25.3 Å². The Hall–Kier alpha value is -1.72. The molecule has 0 saturated carbocycles. The maximum Gasteiger partial charge on any atom is 0.418 e. The molecule has 0 heterocycles. The Kier molecular flexibility index (Phi) is 5.00. The number of anilines is 1. The van der Waals surface area contributed by atoms with E-state index < -0.39 is 11.7 Å². The van der Waals surface area contributed by atoms with Crippen LogP contribution in [0.4, 0.5) is 18.9 Å². The van der Waals surface area contributed by atoms with Gasteiger partial charge in [-0.15, -0.1) is 0 Å². The van der Waals surface area contributed by atoms with Gasteiger partial charge in [0.2, 0.25) is 0 Å². The highest BCUT2D eigenvalue weighted by atomic mass is 19.4. The summed E-state index contributed by atoms with van der Waals surface area (Å²) in [5.74, 6) is -0.374. The van der Waals surface area contributed by atoms with E-state index in [9.17, 15) is 18.0 Å². The van der Waals surface area contributed by atoms with Gasteiger partial charge >= 0.3 is 12.1 Å². The zero-order valence-electron chi connectivity index (χ0n) is 9.88. The molecule has 0 saturated heterocycles. The van der Waals surface area contributed by atoms with E-state index in [1.54, 1.807) is 0 Å². The summed E-state index contributed by atoms with van der Waals surface area (Å²) < 4.78 is 42.3. The molecule has 0 aromatic heterocycles. The Morgan fingerprint density at radius 1 is 1.33 bits per heavy atom. The average Bonchev–Trinajstić information content (AvgIpc) is 2.33. The summed E-state index contributed by atoms with van der Waals surface area (Å²) in [7, 11) is 1.27. The predicted molar refractivity (Wildman–Crippen MR) is 61.2 cm³/mol. The number of hydrogen-bond donors (Lipinski definition) is 1. The van der Waals surface area contributed by atoms with E-state index in [-0.39, 0.29) is 24.6 Å². The number of benzene rings is 1. The number of nitrogens with one attached hydrogen (secondary N) is 1. The maximum atomic E-state index is 12.6. The Morgan fingerprint density at radius 3 is 2.61 bits per heavy atom. The van der Waals surface area contributed by atoms with Crippen LogP contribution < -0.4 is 5.32 Å². The predicted octanol–water partition coefficient (Wildman–Crippen LogP) is 3.07. The van der Waals surface area contributed by atoms with E-state index in [0.717, 1.165) is 6.07 Å². The van der Waals surface area contributed by atoms with Gasteiger partial charge in [-0.1, -0.05) is 12.1 Å². The highest BCUT2D eigenvalue weighted by Crippen LogP contribution is 2.34. The zero-order valence-corrected chi connectivity index (χ0v) is 9.88. The Bertz CT molecular complexity index is 405. The summed E-state index contributed by atoms with van der Waals surface area (Å²) in [5, 5.41) is 2.67. The van der Waals surface area contributed by atoms with E-state index in [1.807, 2.05) is 0 Å². The van der Waals surface area contributed by atoms with Crippen LogP contribution in [0.2, 0.25) is 0 Å². The van der Waals surface area contributed by atoms with Crippen LogP contribution in [0.1, 0.15) is 18.4 Å². The van der Waals surface area contributed by atoms with Gasteiger partial charge in [0, 0.05) is 18.7 Å². The molecule has 1 rings (SSSR count). The maximum absolute atomic E-state index is 12.6. The third-order valence-electron chi connectivity index (χ3n) is 2.33. The summed E-state index contributed by atoms with van der Waals surface area (Å²) >= 11 is 0. The smallest absolute Gasteiger partial charge is 0.418 e. The normalized spacial score (nSPS) is 11.1. The average molecular weight is 261 g/mol. The molecule has 1 aromatic rings. The molecule has 0 unspecified atom stereocenters. The van der Waals surface area contributed by atoms with Crippen LogP contribution in [-0.2, 0) is 15.7 Å². The minimum absolute atomic E-state index is 0.0230. The number of halogens is 3. The highest BCUT2D eigenvalue weighted by molar-refractivity contribution is 5.69. The first kappa shape index (κ1) is 14.3. The molecule has 0 radical (unpaired) electrons. The van der Waals surface area contributed by atoms with Gasteiger partial charge in [0.15, 0.2) is 0 Å². The molecule has 0 atom stereocenters. The number of alkyl halides is 3. The Morgan fingerprint density at radius 2 is 2.00 bits per heavy atom. The van der Waals surface area contributed by atoms with E-state index in [4.69, 9.17) is 0 Å². The van der Waals surface area contributed by atoms with E-state index >= 15 is 0 Å². The molecular formula is C12H14F3NO2. The first-order valence-corrected chi connectivity index (χ1v) is 5.42. The lowest BCUT2D eigenvalue weighted by molar-refractivity contribution is -0.140. The topological polar surface area (TPSA) is 38.3 Å². The molecule has 18 heavy (non-hydrogen) atoms. The first-order valence-electron chi connectivity index (χ1n) is 5.42. The van der Waals surface area contributed by atoms with Crippen molar-refractivity contribution in [2.45, 2.75) is 19.0 Å². The molecular weight excluding hydrogens is 247 g/mol. The Balaban J connectivity index is 2.55. The van der Waals surface area contributed by atoms with E-state index in [2.05, 4.69) is 10.1 Å². The van der Waals surface area contributed by atoms with Gasteiger partial charge in [0.25, 0.3) is 0 Å².